The Morgan fingerprint density at radius 3 is 1.06 bits per heavy atom. The number of benzene rings is 3. The monoisotopic (exact) mass is 1370 g/mol. The summed E-state index contributed by atoms with van der Waals surface area (Å²) in [6.45, 7) is 7.77. The SMILES string of the molecule is CCOC(=O)c1nn(-c2cccc(C#C[C@]3(O)CCN(C)C3=O)c2)c2c1CC1C(F)(F)C1(C)C2.CN1CC[C@@](O)(C#Cc2cccc(-n3nc(C(N)=O)c4c3C[C@@]3(C)C(C4)C3(F)F)c2)C1=O.CN1CC[C@@](O)(C#Cc2cccc(-n3nc(C(N)=O)c4c3C[C@]3(C)C(C4)C3(F)F)c2)C1=O.N. The number of rotatable bonds is 7. The molecule has 99 heavy (non-hydrogen) atoms. The first kappa shape index (κ1) is 69.1. The molecule has 0 bridgehead atoms. The van der Waals surface area contributed by atoms with E-state index >= 15 is 0 Å². The number of amides is 5. The molecule has 3 saturated heterocycles. The van der Waals surface area contributed by atoms with Gasteiger partial charge in [0.2, 0.25) is 16.8 Å². The third-order valence-electron chi connectivity index (χ3n) is 21.7. The van der Waals surface area contributed by atoms with Crippen LogP contribution in [0.25, 0.3) is 17.1 Å². The largest absolute Gasteiger partial charge is 0.461 e. The number of likely N-dealkylation sites (tertiary alicyclic amines) is 3. The molecule has 0 spiro atoms. The summed E-state index contributed by atoms with van der Waals surface area (Å²) in [5.41, 5.74) is 8.66. The van der Waals surface area contributed by atoms with Crippen LogP contribution in [0.5, 0.6) is 0 Å². The fraction of sp³-hybridized carbons (Fsp3) is 0.451. The zero-order valence-electron chi connectivity index (χ0n) is 55.2. The van der Waals surface area contributed by atoms with Crippen molar-refractivity contribution in [3.63, 3.8) is 0 Å². The molecular formula is C71H72F6N12O10. The molecule has 4 unspecified atom stereocenters. The van der Waals surface area contributed by atoms with Crippen LogP contribution in [0.15, 0.2) is 72.8 Å². The van der Waals surface area contributed by atoms with Gasteiger partial charge in [0.05, 0.1) is 23.7 Å². The normalized spacial score (nSPS) is 29.0. The number of hydrogen-bond acceptors (Lipinski definition) is 14. The van der Waals surface area contributed by atoms with Gasteiger partial charge in [0.1, 0.15) is 0 Å². The summed E-state index contributed by atoms with van der Waals surface area (Å²) in [5, 5.41) is 44.7. The number of likely N-dealkylation sites (N-methyl/N-ethyl adjacent to an activating group) is 3. The molecule has 5 amide bonds. The van der Waals surface area contributed by atoms with E-state index in [1.54, 1.807) is 122 Å². The molecular weight excluding hydrogens is 1290 g/mol. The molecule has 6 heterocycles. The third-order valence-corrected chi connectivity index (χ3v) is 21.7. The summed E-state index contributed by atoms with van der Waals surface area (Å²) in [6.07, 6.45) is 1.08. The summed E-state index contributed by atoms with van der Waals surface area (Å²) in [6, 6.07) is 20.5. The molecule has 3 aliphatic heterocycles. The van der Waals surface area contributed by atoms with E-state index in [1.165, 1.54) is 28.7 Å². The minimum atomic E-state index is -2.80. The van der Waals surface area contributed by atoms with Crippen LogP contribution in [-0.2, 0) is 57.6 Å². The molecule has 6 aliphatic carbocycles. The van der Waals surface area contributed by atoms with Gasteiger partial charge in [-0.1, -0.05) is 74.5 Å². The second-order valence-corrected chi connectivity index (χ2v) is 27.8. The average Bonchev–Trinajstić information content (AvgIpc) is 1.52. The van der Waals surface area contributed by atoms with E-state index < -0.39 is 104 Å². The first-order chi connectivity index (χ1) is 46.0. The molecule has 0 radical (unpaired) electrons. The standard InChI is InChI=1S/C25H25F2N3O4.2C23H22F2N4O3.H3N/c1-4-34-21(31)20-17-13-19-23(2,25(19,26)27)14-18(17)30(28-20)16-7-5-6-15(12-16)8-9-24(33)10-11-29(3)22(24)32;2*1-21-12-16-15(11-17(21)23(21,24)25)18(19(26)30)27-29(16)14-5-3-4-13(10-14)6-7-22(32)8-9-28(2)20(22)31;/h5-7,12,19,33H,4,10-11,13-14H2,1-3H3;2*3-5,10,17,32H,8-9,11-12H2,1-2H3,(H2,26,30);1H3/t19?,23?,24-;17?,21-,22+;17?,21-,22-;/m010./s1. The van der Waals surface area contributed by atoms with Crippen LogP contribution in [0, 0.1) is 69.5 Å². The highest BCUT2D eigenvalue weighted by atomic mass is 19.3. The third kappa shape index (κ3) is 10.9. The number of halogens is 6. The number of ether oxygens (including phenoxy) is 1. The number of carbonyl (C=O) groups is 6. The smallest absolute Gasteiger partial charge is 0.359 e. The molecule has 15 rings (SSSR count). The predicted octanol–water partition coefficient (Wildman–Crippen LogP) is 5.10. The molecule has 9 atom stereocenters. The van der Waals surface area contributed by atoms with Crippen molar-refractivity contribution in [1.29, 1.82) is 0 Å². The van der Waals surface area contributed by atoms with Crippen LogP contribution >= 0.6 is 0 Å². The van der Waals surface area contributed by atoms with Gasteiger partial charge < -0.3 is 52.4 Å². The van der Waals surface area contributed by atoms with Crippen LogP contribution in [0.4, 0.5) is 26.3 Å². The van der Waals surface area contributed by atoms with E-state index in [0.717, 1.165) is 0 Å². The average molecular weight is 1370 g/mol. The maximum atomic E-state index is 14.5. The lowest BCUT2D eigenvalue weighted by Gasteiger charge is -2.18. The van der Waals surface area contributed by atoms with E-state index in [9.17, 15) is 70.4 Å². The molecule has 10 N–H and O–H groups in total. The maximum Gasteiger partial charge on any atom is 0.359 e. The van der Waals surface area contributed by atoms with Gasteiger partial charge in [0.15, 0.2) is 17.1 Å². The minimum Gasteiger partial charge on any atom is -0.461 e. The van der Waals surface area contributed by atoms with Crippen LogP contribution in [0.3, 0.4) is 0 Å². The summed E-state index contributed by atoms with van der Waals surface area (Å²) < 4.78 is 96.2. The summed E-state index contributed by atoms with van der Waals surface area (Å²) in [5.74, 6) is 2.20. The van der Waals surface area contributed by atoms with Crippen molar-refractivity contribution in [2.45, 2.75) is 120 Å². The number of aromatic nitrogens is 6. The Bertz CT molecular complexity index is 4490. The van der Waals surface area contributed by atoms with Crippen molar-refractivity contribution in [3.8, 4) is 52.6 Å². The number of primary amides is 2. The summed E-state index contributed by atoms with van der Waals surface area (Å²) in [4.78, 5) is 77.2. The van der Waals surface area contributed by atoms with E-state index in [4.69, 9.17) is 16.2 Å². The highest BCUT2D eigenvalue weighted by Gasteiger charge is 2.80. The molecule has 22 nitrogen and oxygen atoms in total. The van der Waals surface area contributed by atoms with E-state index in [1.807, 2.05) is 0 Å². The van der Waals surface area contributed by atoms with Gasteiger partial charge >= 0.3 is 5.97 Å². The van der Waals surface area contributed by atoms with Crippen molar-refractivity contribution in [1.82, 2.24) is 50.2 Å². The van der Waals surface area contributed by atoms with Gasteiger partial charge in [-0.2, -0.15) is 15.3 Å². The maximum absolute atomic E-state index is 14.5. The van der Waals surface area contributed by atoms with Gasteiger partial charge in [-0.05, 0) is 80.8 Å². The van der Waals surface area contributed by atoms with Gasteiger partial charge in [0.25, 0.3) is 47.3 Å². The Morgan fingerprint density at radius 2 is 0.798 bits per heavy atom. The Kier molecular flexibility index (Phi) is 16.4. The topological polar surface area (TPSA) is 323 Å². The van der Waals surface area contributed by atoms with Crippen LogP contribution < -0.4 is 17.6 Å². The Morgan fingerprint density at radius 1 is 0.515 bits per heavy atom. The second-order valence-electron chi connectivity index (χ2n) is 27.8. The first-order valence-electron chi connectivity index (χ1n) is 32.0. The fourth-order valence-electron chi connectivity index (χ4n) is 15.1. The first-order valence-corrected chi connectivity index (χ1v) is 32.0. The Balaban J connectivity index is 0.000000140. The number of fused-ring (bicyclic) bond motifs is 6. The highest BCUT2D eigenvalue weighted by Crippen LogP contribution is 2.72. The lowest BCUT2D eigenvalue weighted by Crippen LogP contribution is -2.37. The number of nitrogens with two attached hydrogens (primary N) is 2. The lowest BCUT2D eigenvalue weighted by atomic mass is 9.87. The highest BCUT2D eigenvalue weighted by molar-refractivity contribution is 5.95. The number of hydrogen-bond donors (Lipinski definition) is 6. The zero-order chi connectivity index (χ0) is 70.6. The van der Waals surface area contributed by atoms with Gasteiger partial charge in [-0.15, -0.1) is 0 Å². The molecule has 28 heteroatoms. The van der Waals surface area contributed by atoms with Crippen LogP contribution in [0.1, 0.15) is 129 Å². The quantitative estimate of drug-likeness (QED) is 0.0689. The second kappa shape index (κ2) is 23.4. The van der Waals surface area contributed by atoms with Crippen molar-refractivity contribution < 1.29 is 75.2 Å². The van der Waals surface area contributed by atoms with Gasteiger partial charge in [-0.25, -0.2) is 45.2 Å². The molecule has 9 aliphatic rings. The molecule has 3 saturated carbocycles. The van der Waals surface area contributed by atoms with Crippen LogP contribution in [-0.4, -0.2) is 177 Å². The van der Waals surface area contributed by atoms with Gasteiger partial charge in [0, 0.05) is 164 Å². The van der Waals surface area contributed by atoms with E-state index in [0.29, 0.717) is 87.2 Å². The fourth-order valence-corrected chi connectivity index (χ4v) is 15.1. The van der Waals surface area contributed by atoms with Crippen molar-refractivity contribution in [3.05, 3.63) is 140 Å². The van der Waals surface area contributed by atoms with Crippen molar-refractivity contribution in [2.75, 3.05) is 47.4 Å². The molecule has 518 valence electrons. The lowest BCUT2D eigenvalue weighted by molar-refractivity contribution is -0.138. The number of carbonyl (C=O) groups excluding carboxylic acids is 6. The molecule has 6 fully saturated rings. The number of alkyl halides is 6. The van der Waals surface area contributed by atoms with E-state index in [-0.39, 0.29) is 87.6 Å². The summed E-state index contributed by atoms with van der Waals surface area (Å²) in [7, 11) is 4.82. The van der Waals surface area contributed by atoms with Gasteiger partial charge in [-0.3, -0.25) is 24.0 Å². The number of esters is 1. The number of nitrogens with zero attached hydrogens (tertiary/aromatic N) is 9. The molecule has 6 aromatic rings. The van der Waals surface area contributed by atoms with Crippen molar-refractivity contribution >= 4 is 35.5 Å². The van der Waals surface area contributed by atoms with E-state index in [2.05, 4.69) is 50.8 Å². The molecule has 3 aromatic heterocycles. The Labute approximate surface area is 564 Å². The van der Waals surface area contributed by atoms with Crippen molar-refractivity contribution in [2.24, 2.45) is 45.5 Å². The summed E-state index contributed by atoms with van der Waals surface area (Å²) >= 11 is 0. The predicted molar refractivity (Wildman–Crippen MR) is 343 cm³/mol. The zero-order valence-corrected chi connectivity index (χ0v) is 55.2. The molecule has 3 aromatic carbocycles. The minimum absolute atomic E-state index is 0. The number of aliphatic hydroxyl groups is 3. The Hall–Kier alpha value is -9.79. The van der Waals surface area contributed by atoms with Crippen LogP contribution in [0.2, 0.25) is 0 Å².